The van der Waals surface area contributed by atoms with Gasteiger partial charge in [0.15, 0.2) is 6.61 Å². The molecule has 0 aromatic heterocycles. The van der Waals surface area contributed by atoms with Crippen molar-refractivity contribution in [2.75, 3.05) is 13.2 Å². The third kappa shape index (κ3) is 7.18. The van der Waals surface area contributed by atoms with Crippen LogP contribution in [0.1, 0.15) is 69.4 Å². The second-order valence-electron chi connectivity index (χ2n) is 9.57. The first-order valence-electron chi connectivity index (χ1n) is 12.4. The van der Waals surface area contributed by atoms with E-state index in [0.29, 0.717) is 17.6 Å². The normalized spacial score (nSPS) is 24.6. The molecule has 33 heavy (non-hydrogen) atoms. The van der Waals surface area contributed by atoms with E-state index >= 15 is 0 Å². The Bertz CT molecular complexity index is 793. The Morgan fingerprint density at radius 2 is 2.00 bits per heavy atom. The summed E-state index contributed by atoms with van der Waals surface area (Å²) in [5.74, 6) is 0.0200. The molecule has 0 bridgehead atoms. The number of rotatable bonds is 13. The zero-order valence-electron chi connectivity index (χ0n) is 19.6. The van der Waals surface area contributed by atoms with Crippen LogP contribution >= 0.6 is 0 Å². The first kappa shape index (κ1) is 25.5. The van der Waals surface area contributed by atoms with Crippen LogP contribution in [0.4, 0.5) is 0 Å². The molecule has 0 radical (unpaired) electrons. The van der Waals surface area contributed by atoms with Gasteiger partial charge in [-0.05, 0) is 73.5 Å². The summed E-state index contributed by atoms with van der Waals surface area (Å²) >= 11 is 0. The molecule has 1 aromatic rings. The average molecular weight is 463 g/mol. The highest BCUT2D eigenvalue weighted by Crippen LogP contribution is 2.48. The van der Waals surface area contributed by atoms with E-state index in [4.69, 9.17) is 14.6 Å². The first-order valence-corrected chi connectivity index (χ1v) is 12.4. The highest BCUT2D eigenvalue weighted by Gasteiger charge is 2.44. The Balaban J connectivity index is 1.55. The third-order valence-corrected chi connectivity index (χ3v) is 7.24. The van der Waals surface area contributed by atoms with Crippen LogP contribution < -0.4 is 4.74 Å². The molecule has 0 amide bonds. The molecule has 1 saturated carbocycles. The van der Waals surface area contributed by atoms with E-state index in [1.165, 1.54) is 5.56 Å². The number of benzene rings is 1. The lowest BCUT2D eigenvalue weighted by Crippen LogP contribution is -2.28. The number of aliphatic hydroxyl groups is 2. The van der Waals surface area contributed by atoms with Crippen molar-refractivity contribution in [1.82, 2.24) is 0 Å². The van der Waals surface area contributed by atoms with E-state index in [9.17, 15) is 19.8 Å². The number of aliphatic carboxylic acids is 1. The fourth-order valence-electron chi connectivity index (χ4n) is 5.53. The molecular weight excluding hydrogens is 424 g/mol. The van der Waals surface area contributed by atoms with Crippen molar-refractivity contribution >= 4 is 11.9 Å². The molecule has 5 unspecified atom stereocenters. The quantitative estimate of drug-likeness (QED) is 0.304. The molecule has 1 fully saturated rings. The third-order valence-electron chi connectivity index (χ3n) is 7.24. The molecule has 0 heterocycles. The number of carboxylic acid groups (broad SMARTS) is 1. The molecule has 0 aliphatic heterocycles. The Hall–Kier alpha value is -2.12. The second kappa shape index (κ2) is 12.4. The van der Waals surface area contributed by atoms with Gasteiger partial charge in [0.2, 0.25) is 0 Å². The van der Waals surface area contributed by atoms with Crippen LogP contribution in [0, 0.1) is 17.8 Å². The van der Waals surface area contributed by atoms with E-state index in [0.717, 1.165) is 63.4 Å². The highest BCUT2D eigenvalue weighted by molar-refractivity contribution is 5.72. The van der Waals surface area contributed by atoms with Crippen molar-refractivity contribution in [2.45, 2.75) is 83.3 Å². The van der Waals surface area contributed by atoms with Crippen LogP contribution in [0.2, 0.25) is 0 Å². The van der Waals surface area contributed by atoms with E-state index in [-0.39, 0.29) is 37.8 Å². The van der Waals surface area contributed by atoms with Crippen molar-refractivity contribution in [3.8, 4) is 5.75 Å². The van der Waals surface area contributed by atoms with Gasteiger partial charge in [0.1, 0.15) is 12.4 Å². The number of aliphatic hydroxyl groups excluding tert-OH is 2. The zero-order chi connectivity index (χ0) is 23.8. The van der Waals surface area contributed by atoms with Gasteiger partial charge in [0.25, 0.3) is 0 Å². The summed E-state index contributed by atoms with van der Waals surface area (Å²) in [5.41, 5.74) is 2.28. The number of carbonyl (C=O) groups is 2. The maximum absolute atomic E-state index is 11.9. The number of unbranched alkanes of at least 4 members (excludes halogenated alkanes) is 2. The maximum atomic E-state index is 11.9. The maximum Gasteiger partial charge on any atom is 0.344 e. The highest BCUT2D eigenvalue weighted by atomic mass is 16.6. The molecule has 3 rings (SSSR count). The lowest BCUT2D eigenvalue weighted by atomic mass is 9.73. The molecule has 5 atom stereocenters. The van der Waals surface area contributed by atoms with Crippen LogP contribution in [-0.4, -0.2) is 52.7 Å². The van der Waals surface area contributed by atoms with Gasteiger partial charge in [-0.2, -0.15) is 0 Å². The molecule has 2 aliphatic rings. The fourth-order valence-corrected chi connectivity index (χ4v) is 5.53. The number of carbonyl (C=O) groups excluding carboxylic acids is 1. The molecule has 2 aliphatic carbocycles. The molecule has 7 nitrogen and oxygen atoms in total. The Morgan fingerprint density at radius 1 is 1.18 bits per heavy atom. The topological polar surface area (TPSA) is 113 Å². The summed E-state index contributed by atoms with van der Waals surface area (Å²) in [5, 5.41) is 29.7. The molecule has 1 aromatic carbocycles. The second-order valence-corrected chi connectivity index (χ2v) is 9.57. The number of hydrogen-bond donors (Lipinski definition) is 3. The van der Waals surface area contributed by atoms with E-state index < -0.39 is 11.9 Å². The standard InChI is InChI=1S/C26H38O7/c1-2-3-4-7-19(27)9-10-20-21-13-17-6-5-8-24(22(17)14-18(21)15-23(20)28)33-16-26(31)32-12-11-25(29)30/h5-6,8,18-21,23,27-28H,2-4,7,9-16H2,1H3,(H,29,30). The van der Waals surface area contributed by atoms with Gasteiger partial charge in [0, 0.05) is 0 Å². The van der Waals surface area contributed by atoms with Crippen molar-refractivity contribution in [3.63, 3.8) is 0 Å². The van der Waals surface area contributed by atoms with Crippen LogP contribution in [-0.2, 0) is 27.2 Å². The Kier molecular flexibility index (Phi) is 9.56. The predicted octanol–water partition coefficient (Wildman–Crippen LogP) is 3.52. The summed E-state index contributed by atoms with van der Waals surface area (Å²) in [6.45, 7) is 1.74. The van der Waals surface area contributed by atoms with Crippen molar-refractivity contribution < 1.29 is 34.4 Å². The van der Waals surface area contributed by atoms with Gasteiger partial charge < -0.3 is 24.8 Å². The molecule has 0 saturated heterocycles. The van der Waals surface area contributed by atoms with Crippen LogP contribution in [0.5, 0.6) is 5.75 Å². The van der Waals surface area contributed by atoms with Crippen LogP contribution in [0.25, 0.3) is 0 Å². The molecule has 0 spiro atoms. The minimum absolute atomic E-state index is 0.166. The summed E-state index contributed by atoms with van der Waals surface area (Å²) in [6, 6.07) is 5.85. The van der Waals surface area contributed by atoms with Crippen LogP contribution in [0.15, 0.2) is 18.2 Å². The number of hydrogen-bond acceptors (Lipinski definition) is 6. The SMILES string of the molecule is CCCCCC(O)CCC1C(O)CC2Cc3c(cccc3OCC(=O)OCCC(=O)O)CC21. The van der Waals surface area contributed by atoms with Crippen LogP contribution in [0.3, 0.4) is 0 Å². The molecular formula is C26H38O7. The summed E-state index contributed by atoms with van der Waals surface area (Å²) < 4.78 is 10.6. The van der Waals surface area contributed by atoms with Crippen molar-refractivity contribution in [1.29, 1.82) is 0 Å². The summed E-state index contributed by atoms with van der Waals surface area (Å²) in [4.78, 5) is 22.4. The lowest BCUT2D eigenvalue weighted by molar-refractivity contribution is -0.148. The van der Waals surface area contributed by atoms with E-state index in [1.54, 1.807) is 0 Å². The van der Waals surface area contributed by atoms with Gasteiger partial charge >= 0.3 is 11.9 Å². The van der Waals surface area contributed by atoms with E-state index in [2.05, 4.69) is 13.0 Å². The molecule has 7 heteroatoms. The zero-order valence-corrected chi connectivity index (χ0v) is 19.6. The van der Waals surface area contributed by atoms with Gasteiger partial charge in [0.05, 0.1) is 18.6 Å². The largest absolute Gasteiger partial charge is 0.482 e. The Labute approximate surface area is 196 Å². The van der Waals surface area contributed by atoms with Gasteiger partial charge in [-0.25, -0.2) is 4.79 Å². The summed E-state index contributed by atoms with van der Waals surface area (Å²) in [6.07, 6.45) is 7.36. The smallest absolute Gasteiger partial charge is 0.344 e. The first-order chi connectivity index (χ1) is 15.9. The minimum atomic E-state index is -1.02. The van der Waals surface area contributed by atoms with Gasteiger partial charge in [-0.1, -0.05) is 38.3 Å². The number of ether oxygens (including phenoxy) is 2. The predicted molar refractivity (Wildman–Crippen MR) is 123 cm³/mol. The molecule has 184 valence electrons. The van der Waals surface area contributed by atoms with Gasteiger partial charge in [-0.3, -0.25) is 4.79 Å². The summed E-state index contributed by atoms with van der Waals surface area (Å²) in [7, 11) is 0. The average Bonchev–Trinajstić information content (AvgIpc) is 3.08. The Morgan fingerprint density at radius 3 is 2.76 bits per heavy atom. The van der Waals surface area contributed by atoms with Gasteiger partial charge in [-0.15, -0.1) is 0 Å². The number of esters is 1. The number of carboxylic acids is 1. The lowest BCUT2D eigenvalue weighted by Gasteiger charge is -2.32. The van der Waals surface area contributed by atoms with Crippen molar-refractivity contribution in [3.05, 3.63) is 29.3 Å². The monoisotopic (exact) mass is 462 g/mol. The van der Waals surface area contributed by atoms with E-state index in [1.807, 2.05) is 12.1 Å². The number of fused-ring (bicyclic) bond motifs is 2. The molecule has 3 N–H and O–H groups in total. The minimum Gasteiger partial charge on any atom is -0.482 e. The fraction of sp³-hybridized carbons (Fsp3) is 0.692. The van der Waals surface area contributed by atoms with Crippen molar-refractivity contribution in [2.24, 2.45) is 17.8 Å².